The second-order valence-corrected chi connectivity index (χ2v) is 6.53. The summed E-state index contributed by atoms with van der Waals surface area (Å²) in [6.07, 6.45) is 0.0439. The van der Waals surface area contributed by atoms with Gasteiger partial charge < -0.3 is 5.11 Å². The normalized spacial score (nSPS) is 13.2. The number of hydrogen-bond donors (Lipinski definition) is 1. The van der Waals surface area contributed by atoms with E-state index in [0.717, 1.165) is 15.6 Å². The molecule has 1 aromatic heterocycles. The van der Waals surface area contributed by atoms with Gasteiger partial charge in [-0.05, 0) is 18.4 Å². The first-order valence-electron chi connectivity index (χ1n) is 4.98. The second kappa shape index (κ2) is 5.48. The van der Waals surface area contributed by atoms with E-state index < -0.39 is 22.0 Å². The van der Waals surface area contributed by atoms with E-state index >= 15 is 0 Å². The Morgan fingerprint density at radius 2 is 2.28 bits per heavy atom. The molecule has 1 heterocycles. The minimum atomic E-state index is -3.88. The van der Waals surface area contributed by atoms with Crippen LogP contribution in [0.4, 0.5) is 0 Å². The quantitative estimate of drug-likeness (QED) is 0.882. The van der Waals surface area contributed by atoms with E-state index in [-0.39, 0.29) is 16.2 Å². The van der Waals surface area contributed by atoms with Gasteiger partial charge in [-0.1, -0.05) is 0 Å². The van der Waals surface area contributed by atoms with Crippen LogP contribution >= 0.6 is 11.3 Å². The van der Waals surface area contributed by atoms with Crippen LogP contribution in [0.15, 0.2) is 16.3 Å². The third-order valence-electron chi connectivity index (χ3n) is 2.49. The van der Waals surface area contributed by atoms with Crippen LogP contribution in [-0.4, -0.2) is 36.9 Å². The Labute approximate surface area is 109 Å². The Bertz CT molecular complexity index is 585. The van der Waals surface area contributed by atoms with Crippen molar-refractivity contribution in [3.05, 3.63) is 16.3 Å². The standard InChI is InChI=1S/C10H12N2O4S2/c1-7(3-5-11)12(2)18(15,16)8-4-6-17-9(8)10(13)14/h4,6-7H,3H2,1-2H3,(H,13,14). The molecule has 0 aliphatic rings. The van der Waals surface area contributed by atoms with E-state index in [2.05, 4.69) is 0 Å². The zero-order valence-electron chi connectivity index (χ0n) is 9.82. The molecule has 1 N–H and O–H groups in total. The summed E-state index contributed by atoms with van der Waals surface area (Å²) in [6.45, 7) is 1.59. The van der Waals surface area contributed by atoms with Gasteiger partial charge in [0.1, 0.15) is 9.77 Å². The van der Waals surface area contributed by atoms with Crippen molar-refractivity contribution in [2.45, 2.75) is 24.3 Å². The average molecular weight is 288 g/mol. The molecule has 1 atom stereocenters. The summed E-state index contributed by atoms with van der Waals surface area (Å²) in [5.74, 6) is -1.27. The van der Waals surface area contributed by atoms with Gasteiger partial charge in [0.05, 0.1) is 12.5 Å². The van der Waals surface area contributed by atoms with E-state index in [1.54, 1.807) is 6.92 Å². The molecule has 8 heteroatoms. The summed E-state index contributed by atoms with van der Waals surface area (Å²) in [6, 6.07) is 2.63. The van der Waals surface area contributed by atoms with Crippen LogP contribution in [0.25, 0.3) is 0 Å². The van der Waals surface area contributed by atoms with Crippen molar-refractivity contribution < 1.29 is 18.3 Å². The number of rotatable bonds is 5. The number of carboxylic acids is 1. The van der Waals surface area contributed by atoms with Crippen LogP contribution in [0.2, 0.25) is 0 Å². The predicted octanol–water partition coefficient (Wildman–Crippen LogP) is 1.37. The van der Waals surface area contributed by atoms with E-state index in [9.17, 15) is 13.2 Å². The van der Waals surface area contributed by atoms with Crippen molar-refractivity contribution in [1.29, 1.82) is 5.26 Å². The second-order valence-electron chi connectivity index (χ2n) is 3.65. The molecule has 0 aromatic carbocycles. The van der Waals surface area contributed by atoms with Crippen LogP contribution < -0.4 is 0 Å². The van der Waals surface area contributed by atoms with Crippen molar-refractivity contribution >= 4 is 27.3 Å². The molecule has 1 rings (SSSR count). The van der Waals surface area contributed by atoms with E-state index in [1.165, 1.54) is 18.5 Å². The van der Waals surface area contributed by atoms with Crippen molar-refractivity contribution in [2.75, 3.05) is 7.05 Å². The van der Waals surface area contributed by atoms with Crippen LogP contribution in [-0.2, 0) is 10.0 Å². The maximum Gasteiger partial charge on any atom is 0.347 e. The lowest BCUT2D eigenvalue weighted by Crippen LogP contribution is -2.35. The van der Waals surface area contributed by atoms with E-state index in [0.29, 0.717) is 0 Å². The summed E-state index contributed by atoms with van der Waals surface area (Å²) in [5.41, 5.74) is 0. The number of hydrogen-bond acceptors (Lipinski definition) is 5. The van der Waals surface area contributed by atoms with Crippen molar-refractivity contribution in [3.63, 3.8) is 0 Å². The smallest absolute Gasteiger partial charge is 0.347 e. The van der Waals surface area contributed by atoms with Gasteiger partial charge in [-0.3, -0.25) is 0 Å². The minimum Gasteiger partial charge on any atom is -0.477 e. The van der Waals surface area contributed by atoms with Gasteiger partial charge in [-0.2, -0.15) is 9.57 Å². The topological polar surface area (TPSA) is 98.5 Å². The molecule has 0 radical (unpaired) electrons. The lowest BCUT2D eigenvalue weighted by molar-refractivity contribution is 0.0698. The van der Waals surface area contributed by atoms with Crippen LogP contribution in [0.3, 0.4) is 0 Å². The molecule has 0 spiro atoms. The summed E-state index contributed by atoms with van der Waals surface area (Å²) >= 11 is 0.857. The monoisotopic (exact) mass is 288 g/mol. The van der Waals surface area contributed by atoms with Gasteiger partial charge in [0.2, 0.25) is 10.0 Å². The first-order chi connectivity index (χ1) is 8.32. The SMILES string of the molecule is CC(CC#N)N(C)S(=O)(=O)c1ccsc1C(=O)O. The average Bonchev–Trinajstić information content (AvgIpc) is 2.77. The summed E-state index contributed by atoms with van der Waals surface area (Å²) in [7, 11) is -2.55. The fourth-order valence-electron chi connectivity index (χ4n) is 1.31. The lowest BCUT2D eigenvalue weighted by atomic mass is 10.3. The molecule has 0 fully saturated rings. The molecule has 0 saturated carbocycles. The van der Waals surface area contributed by atoms with Gasteiger partial charge in [0.25, 0.3) is 0 Å². The Balaban J connectivity index is 3.18. The number of nitriles is 1. The molecule has 1 aromatic rings. The summed E-state index contributed by atoms with van der Waals surface area (Å²) in [5, 5.41) is 18.9. The highest BCUT2D eigenvalue weighted by molar-refractivity contribution is 7.89. The van der Waals surface area contributed by atoms with E-state index in [1.807, 2.05) is 6.07 Å². The molecule has 0 aliphatic carbocycles. The number of thiophene rings is 1. The first kappa shape index (κ1) is 14.6. The van der Waals surface area contributed by atoms with E-state index in [4.69, 9.17) is 10.4 Å². The third-order valence-corrected chi connectivity index (χ3v) is 5.53. The molecule has 1 unspecified atom stereocenters. The number of nitrogens with zero attached hydrogens (tertiary/aromatic N) is 2. The maximum absolute atomic E-state index is 12.2. The summed E-state index contributed by atoms with van der Waals surface area (Å²) < 4.78 is 25.4. The van der Waals surface area contributed by atoms with Crippen LogP contribution in [0, 0.1) is 11.3 Å². The van der Waals surface area contributed by atoms with Gasteiger partial charge in [0.15, 0.2) is 0 Å². The fourth-order valence-corrected chi connectivity index (χ4v) is 3.90. The van der Waals surface area contributed by atoms with Crippen molar-refractivity contribution in [3.8, 4) is 6.07 Å². The van der Waals surface area contributed by atoms with Gasteiger partial charge >= 0.3 is 5.97 Å². The molecule has 0 aliphatic heterocycles. The molecule has 0 saturated heterocycles. The number of sulfonamides is 1. The molecule has 6 nitrogen and oxygen atoms in total. The van der Waals surface area contributed by atoms with Gasteiger partial charge in [-0.15, -0.1) is 11.3 Å². The number of aromatic carboxylic acids is 1. The van der Waals surface area contributed by atoms with Gasteiger partial charge in [0, 0.05) is 13.1 Å². The largest absolute Gasteiger partial charge is 0.477 e. The highest BCUT2D eigenvalue weighted by atomic mass is 32.2. The molecule has 0 amide bonds. The Hall–Kier alpha value is -1.43. The molecule has 98 valence electrons. The highest BCUT2D eigenvalue weighted by Gasteiger charge is 2.30. The zero-order valence-corrected chi connectivity index (χ0v) is 11.5. The molecule has 0 bridgehead atoms. The van der Waals surface area contributed by atoms with Gasteiger partial charge in [-0.25, -0.2) is 13.2 Å². The fraction of sp³-hybridized carbons (Fsp3) is 0.400. The minimum absolute atomic E-state index is 0.0439. The number of carbonyl (C=O) groups is 1. The van der Waals surface area contributed by atoms with Crippen LogP contribution in [0.5, 0.6) is 0 Å². The molecular formula is C10H12N2O4S2. The molecular weight excluding hydrogens is 276 g/mol. The Morgan fingerprint density at radius 3 is 2.78 bits per heavy atom. The lowest BCUT2D eigenvalue weighted by Gasteiger charge is -2.22. The zero-order chi connectivity index (χ0) is 13.9. The maximum atomic E-state index is 12.2. The van der Waals surface area contributed by atoms with Crippen molar-refractivity contribution in [1.82, 2.24) is 4.31 Å². The highest BCUT2D eigenvalue weighted by Crippen LogP contribution is 2.25. The third kappa shape index (κ3) is 2.69. The van der Waals surface area contributed by atoms with Crippen molar-refractivity contribution in [2.24, 2.45) is 0 Å². The first-order valence-corrected chi connectivity index (χ1v) is 7.30. The number of carboxylic acid groups (broad SMARTS) is 1. The predicted molar refractivity (Wildman–Crippen MR) is 65.9 cm³/mol. The molecule has 18 heavy (non-hydrogen) atoms. The Morgan fingerprint density at radius 1 is 1.67 bits per heavy atom. The Kier molecular flexibility index (Phi) is 4.45. The summed E-state index contributed by atoms with van der Waals surface area (Å²) in [4.78, 5) is 10.5. The van der Waals surface area contributed by atoms with Crippen LogP contribution in [0.1, 0.15) is 23.0 Å².